The quantitative estimate of drug-likeness (QED) is 0.471. The molecule has 9 nitrogen and oxygen atoms in total. The lowest BCUT2D eigenvalue weighted by Gasteiger charge is -2.20. The molecule has 1 aromatic rings. The largest absolute Gasteiger partial charge is 0.467 e. The molecule has 0 aromatic heterocycles. The fraction of sp³-hybridized carbons (Fsp3) is 0.474. The summed E-state index contributed by atoms with van der Waals surface area (Å²) < 4.78 is 9.62. The van der Waals surface area contributed by atoms with Crippen molar-refractivity contribution in [1.82, 2.24) is 10.6 Å². The molecule has 0 saturated carbocycles. The van der Waals surface area contributed by atoms with Gasteiger partial charge in [0.15, 0.2) is 0 Å². The van der Waals surface area contributed by atoms with Gasteiger partial charge in [-0.3, -0.25) is 9.59 Å². The van der Waals surface area contributed by atoms with Gasteiger partial charge in [-0.1, -0.05) is 37.3 Å². The fourth-order valence-electron chi connectivity index (χ4n) is 2.25. The second-order valence-electron chi connectivity index (χ2n) is 5.96. The lowest BCUT2D eigenvalue weighted by molar-refractivity contribution is -0.145. The SMILES string of the molecule is CCC(=O)CC[C@@H](NC(=O)[C@H](CO)NC(=O)OCc1ccccc1)C(=O)OC. The Bertz CT molecular complexity index is 664. The zero-order valence-corrected chi connectivity index (χ0v) is 16.0. The first-order valence-electron chi connectivity index (χ1n) is 8.89. The number of carbonyl (C=O) groups is 4. The van der Waals surface area contributed by atoms with Gasteiger partial charge in [-0.25, -0.2) is 9.59 Å². The third kappa shape index (κ3) is 8.17. The highest BCUT2D eigenvalue weighted by Crippen LogP contribution is 2.04. The van der Waals surface area contributed by atoms with Gasteiger partial charge >= 0.3 is 12.1 Å². The Hall–Kier alpha value is -2.94. The van der Waals surface area contributed by atoms with E-state index in [0.29, 0.717) is 6.42 Å². The molecule has 0 bridgehead atoms. The summed E-state index contributed by atoms with van der Waals surface area (Å²) in [6, 6.07) is 6.54. The van der Waals surface area contributed by atoms with E-state index < -0.39 is 36.7 Å². The van der Waals surface area contributed by atoms with Crippen LogP contribution in [0.5, 0.6) is 0 Å². The van der Waals surface area contributed by atoms with E-state index in [1.54, 1.807) is 31.2 Å². The molecule has 1 aromatic carbocycles. The Labute approximate surface area is 163 Å². The average molecular weight is 394 g/mol. The molecule has 3 N–H and O–H groups in total. The minimum absolute atomic E-state index is 0.00362. The predicted molar refractivity (Wildman–Crippen MR) is 99.1 cm³/mol. The summed E-state index contributed by atoms with van der Waals surface area (Å²) in [5.74, 6) is -1.58. The molecule has 9 heteroatoms. The Morgan fingerprint density at radius 2 is 1.75 bits per heavy atom. The molecule has 0 saturated heterocycles. The molecule has 0 heterocycles. The van der Waals surface area contributed by atoms with Crippen LogP contribution < -0.4 is 10.6 Å². The van der Waals surface area contributed by atoms with Crippen LogP contribution in [0.4, 0.5) is 4.79 Å². The van der Waals surface area contributed by atoms with E-state index in [-0.39, 0.29) is 25.2 Å². The molecule has 1 rings (SSSR count). The van der Waals surface area contributed by atoms with Crippen molar-refractivity contribution in [3.8, 4) is 0 Å². The van der Waals surface area contributed by atoms with E-state index in [4.69, 9.17) is 4.74 Å². The third-order valence-corrected chi connectivity index (χ3v) is 3.91. The first kappa shape index (κ1) is 23.1. The highest BCUT2D eigenvalue weighted by Gasteiger charge is 2.27. The Kier molecular flexibility index (Phi) is 10.3. The van der Waals surface area contributed by atoms with Crippen molar-refractivity contribution >= 4 is 23.8 Å². The summed E-state index contributed by atoms with van der Waals surface area (Å²) in [6.07, 6.45) is -0.432. The summed E-state index contributed by atoms with van der Waals surface area (Å²) in [6.45, 7) is 0.991. The van der Waals surface area contributed by atoms with E-state index in [9.17, 15) is 24.3 Å². The molecule has 0 aliphatic rings. The van der Waals surface area contributed by atoms with Crippen LogP contribution in [0.1, 0.15) is 31.7 Å². The molecule has 0 aliphatic heterocycles. The van der Waals surface area contributed by atoms with Crippen molar-refractivity contribution in [3.05, 3.63) is 35.9 Å². The van der Waals surface area contributed by atoms with Crippen molar-refractivity contribution in [3.63, 3.8) is 0 Å². The molecule has 154 valence electrons. The number of hydrogen-bond acceptors (Lipinski definition) is 7. The number of aliphatic hydroxyl groups excluding tert-OH is 1. The molecular formula is C19H26N2O7. The standard InChI is InChI=1S/C19H26N2O7/c1-3-14(23)9-10-15(18(25)27-2)20-17(24)16(11-22)21-19(26)28-12-13-7-5-4-6-8-13/h4-8,15-16,22H,3,9-12H2,1-2H3,(H,20,24)(H,21,26)/t15-,16+/m1/s1. The number of amides is 2. The Morgan fingerprint density at radius 3 is 2.32 bits per heavy atom. The smallest absolute Gasteiger partial charge is 0.408 e. The van der Waals surface area contributed by atoms with Crippen molar-refractivity contribution in [2.45, 2.75) is 44.9 Å². The lowest BCUT2D eigenvalue weighted by Crippen LogP contribution is -2.53. The van der Waals surface area contributed by atoms with Crippen LogP contribution in [0.3, 0.4) is 0 Å². The van der Waals surface area contributed by atoms with E-state index >= 15 is 0 Å². The van der Waals surface area contributed by atoms with Gasteiger partial charge in [-0.2, -0.15) is 0 Å². The Morgan fingerprint density at radius 1 is 1.07 bits per heavy atom. The molecule has 2 atom stereocenters. The van der Waals surface area contributed by atoms with Crippen molar-refractivity contribution in [2.75, 3.05) is 13.7 Å². The number of benzene rings is 1. The highest BCUT2D eigenvalue weighted by atomic mass is 16.5. The number of nitrogens with one attached hydrogen (secondary N) is 2. The number of ketones is 1. The van der Waals surface area contributed by atoms with Crippen LogP contribution in [-0.4, -0.2) is 54.7 Å². The maximum atomic E-state index is 12.3. The van der Waals surface area contributed by atoms with Crippen LogP contribution in [0.25, 0.3) is 0 Å². The van der Waals surface area contributed by atoms with Crippen LogP contribution in [0.2, 0.25) is 0 Å². The molecule has 0 fully saturated rings. The van der Waals surface area contributed by atoms with Gasteiger partial charge in [-0.05, 0) is 12.0 Å². The normalized spacial score (nSPS) is 12.4. The number of alkyl carbamates (subject to hydrolysis) is 1. The number of hydrogen-bond donors (Lipinski definition) is 3. The summed E-state index contributed by atoms with van der Waals surface area (Å²) in [7, 11) is 1.16. The minimum atomic E-state index is -1.32. The molecular weight excluding hydrogens is 368 g/mol. The second kappa shape index (κ2) is 12.4. The molecule has 0 unspecified atom stereocenters. The van der Waals surface area contributed by atoms with Gasteiger partial charge in [0.05, 0.1) is 13.7 Å². The number of carbonyl (C=O) groups excluding carboxylic acids is 4. The topological polar surface area (TPSA) is 131 Å². The molecule has 0 spiro atoms. The summed E-state index contributed by atoms with van der Waals surface area (Å²) in [5.41, 5.74) is 0.758. The van der Waals surface area contributed by atoms with Crippen LogP contribution >= 0.6 is 0 Å². The maximum absolute atomic E-state index is 12.3. The first-order valence-corrected chi connectivity index (χ1v) is 8.89. The van der Waals surface area contributed by atoms with Gasteiger partial charge in [0.2, 0.25) is 5.91 Å². The van der Waals surface area contributed by atoms with Gasteiger partial charge in [-0.15, -0.1) is 0 Å². The van der Waals surface area contributed by atoms with Gasteiger partial charge in [0.25, 0.3) is 0 Å². The minimum Gasteiger partial charge on any atom is -0.467 e. The number of esters is 1. The van der Waals surface area contributed by atoms with E-state index in [2.05, 4.69) is 15.4 Å². The highest BCUT2D eigenvalue weighted by molar-refractivity contribution is 5.90. The zero-order valence-electron chi connectivity index (χ0n) is 16.0. The maximum Gasteiger partial charge on any atom is 0.408 e. The number of ether oxygens (including phenoxy) is 2. The first-order chi connectivity index (χ1) is 13.4. The van der Waals surface area contributed by atoms with Crippen LogP contribution in [0, 0.1) is 0 Å². The number of aliphatic hydroxyl groups is 1. The Balaban J connectivity index is 2.59. The second-order valence-corrected chi connectivity index (χ2v) is 5.96. The molecule has 28 heavy (non-hydrogen) atoms. The van der Waals surface area contributed by atoms with Crippen molar-refractivity contribution in [2.24, 2.45) is 0 Å². The summed E-state index contributed by atoms with van der Waals surface area (Å²) >= 11 is 0. The molecule has 0 radical (unpaired) electrons. The molecule has 2 amide bonds. The molecule has 0 aliphatic carbocycles. The number of rotatable bonds is 11. The summed E-state index contributed by atoms with van der Waals surface area (Å²) in [5, 5.41) is 14.0. The van der Waals surface area contributed by atoms with Crippen molar-refractivity contribution in [1.29, 1.82) is 0 Å². The number of Topliss-reactive ketones (excluding diaryl/α,β-unsaturated/α-hetero) is 1. The zero-order chi connectivity index (χ0) is 20.9. The monoisotopic (exact) mass is 394 g/mol. The number of methoxy groups -OCH3 is 1. The lowest BCUT2D eigenvalue weighted by atomic mass is 10.1. The van der Waals surface area contributed by atoms with Crippen LogP contribution in [-0.2, 0) is 30.5 Å². The predicted octanol–water partition coefficient (Wildman–Crippen LogP) is 0.691. The average Bonchev–Trinajstić information content (AvgIpc) is 2.72. The van der Waals surface area contributed by atoms with Crippen LogP contribution in [0.15, 0.2) is 30.3 Å². The van der Waals surface area contributed by atoms with Gasteiger partial charge in [0.1, 0.15) is 24.5 Å². The fourth-order valence-corrected chi connectivity index (χ4v) is 2.25. The van der Waals surface area contributed by atoms with E-state index in [1.165, 1.54) is 0 Å². The summed E-state index contributed by atoms with van der Waals surface area (Å²) in [4.78, 5) is 47.4. The van der Waals surface area contributed by atoms with Gasteiger partial charge < -0.3 is 25.2 Å². The van der Waals surface area contributed by atoms with Crippen molar-refractivity contribution < 1.29 is 33.8 Å². The third-order valence-electron chi connectivity index (χ3n) is 3.91. The van der Waals surface area contributed by atoms with Gasteiger partial charge in [0, 0.05) is 12.8 Å². The van der Waals surface area contributed by atoms with E-state index in [1.807, 2.05) is 6.07 Å². The van der Waals surface area contributed by atoms with E-state index in [0.717, 1.165) is 12.7 Å².